The van der Waals surface area contributed by atoms with Gasteiger partial charge in [0.15, 0.2) is 0 Å². The van der Waals surface area contributed by atoms with Crippen molar-refractivity contribution in [3.63, 3.8) is 0 Å². The van der Waals surface area contributed by atoms with Gasteiger partial charge >= 0.3 is 0 Å². The molecule has 4 nitrogen and oxygen atoms in total. The van der Waals surface area contributed by atoms with Crippen LogP contribution in [0.15, 0.2) is 0 Å². The van der Waals surface area contributed by atoms with Gasteiger partial charge in [0.1, 0.15) is 0 Å². The lowest BCUT2D eigenvalue weighted by atomic mass is 10.1. The van der Waals surface area contributed by atoms with E-state index in [4.69, 9.17) is 4.74 Å². The molecule has 1 unspecified atom stereocenters. The highest BCUT2D eigenvalue weighted by molar-refractivity contribution is 5.77. The maximum Gasteiger partial charge on any atom is 0.236 e. The highest BCUT2D eigenvalue weighted by Gasteiger charge is 2.22. The van der Waals surface area contributed by atoms with Gasteiger partial charge in [-0.1, -0.05) is 0 Å². The van der Waals surface area contributed by atoms with Crippen LogP contribution in [-0.4, -0.2) is 50.2 Å². The summed E-state index contributed by atoms with van der Waals surface area (Å²) in [5.41, 5.74) is 0. The third-order valence-corrected chi connectivity index (χ3v) is 3.58. The smallest absolute Gasteiger partial charge is 0.236 e. The van der Waals surface area contributed by atoms with Crippen LogP contribution in [0.25, 0.3) is 0 Å². The number of likely N-dealkylation sites (N-methyl/N-ethyl adjacent to an activating group) is 1. The number of hydrogen-bond acceptors (Lipinski definition) is 3. The van der Waals surface area contributed by atoms with E-state index in [0.29, 0.717) is 6.54 Å². The number of amides is 1. The lowest BCUT2D eigenvalue weighted by Gasteiger charge is -2.27. The highest BCUT2D eigenvalue weighted by Crippen LogP contribution is 2.27. The van der Waals surface area contributed by atoms with E-state index in [-0.39, 0.29) is 12.0 Å². The molecule has 0 aromatic heterocycles. The molecule has 1 atom stereocenters. The predicted octanol–water partition coefficient (Wildman–Crippen LogP) is 1.01. The van der Waals surface area contributed by atoms with E-state index < -0.39 is 0 Å². The van der Waals surface area contributed by atoms with Crippen LogP contribution in [0.4, 0.5) is 0 Å². The van der Waals surface area contributed by atoms with Crippen molar-refractivity contribution in [2.75, 3.05) is 33.3 Å². The number of carbonyl (C=O) groups is 1. The molecule has 1 aliphatic heterocycles. The monoisotopic (exact) mass is 240 g/mol. The molecule has 1 heterocycles. The Hall–Kier alpha value is -0.610. The number of carbonyl (C=O) groups excluding carboxylic acids is 1. The molecule has 1 saturated carbocycles. The second-order valence-electron chi connectivity index (χ2n) is 5.34. The second kappa shape index (κ2) is 6.36. The Kier molecular flexibility index (Phi) is 4.80. The highest BCUT2D eigenvalue weighted by atomic mass is 16.5. The summed E-state index contributed by atoms with van der Waals surface area (Å²) in [6, 6.07) is 0. The first kappa shape index (κ1) is 12.8. The summed E-state index contributed by atoms with van der Waals surface area (Å²) in [6.45, 7) is 3.07. The zero-order valence-electron chi connectivity index (χ0n) is 10.8. The number of nitrogens with zero attached hydrogens (tertiary/aromatic N) is 1. The summed E-state index contributed by atoms with van der Waals surface area (Å²) in [7, 11) is 1.87. The Balaban J connectivity index is 1.59. The molecule has 1 N–H and O–H groups in total. The van der Waals surface area contributed by atoms with Gasteiger partial charge in [0, 0.05) is 20.2 Å². The molecule has 2 aliphatic rings. The molecule has 1 aliphatic carbocycles. The van der Waals surface area contributed by atoms with Gasteiger partial charge in [0.05, 0.1) is 12.6 Å². The SMILES string of the molecule is CN(CC1CCCCO1)C(=O)CNCC1CC1. The summed E-state index contributed by atoms with van der Waals surface area (Å²) in [6.07, 6.45) is 6.39. The van der Waals surface area contributed by atoms with Crippen LogP contribution in [0.2, 0.25) is 0 Å². The van der Waals surface area contributed by atoms with E-state index in [1.807, 2.05) is 7.05 Å². The van der Waals surface area contributed by atoms with Crippen LogP contribution in [0.1, 0.15) is 32.1 Å². The molecule has 0 radical (unpaired) electrons. The minimum atomic E-state index is 0.180. The summed E-state index contributed by atoms with van der Waals surface area (Å²) in [4.78, 5) is 13.6. The van der Waals surface area contributed by atoms with Gasteiger partial charge < -0.3 is 15.0 Å². The Bertz CT molecular complexity index is 248. The molecule has 2 fully saturated rings. The first-order chi connectivity index (χ1) is 8.25. The van der Waals surface area contributed by atoms with Gasteiger partial charge in [-0.3, -0.25) is 4.79 Å². The molecule has 0 bridgehead atoms. The largest absolute Gasteiger partial charge is 0.376 e. The Morgan fingerprint density at radius 1 is 1.35 bits per heavy atom. The van der Waals surface area contributed by atoms with Crippen molar-refractivity contribution in [3.8, 4) is 0 Å². The van der Waals surface area contributed by atoms with Crippen LogP contribution >= 0.6 is 0 Å². The average molecular weight is 240 g/mol. The van der Waals surface area contributed by atoms with Crippen molar-refractivity contribution in [3.05, 3.63) is 0 Å². The van der Waals surface area contributed by atoms with Crippen molar-refractivity contribution in [1.29, 1.82) is 0 Å². The summed E-state index contributed by atoms with van der Waals surface area (Å²) in [5, 5.41) is 3.23. The average Bonchev–Trinajstić information content (AvgIpc) is 3.14. The minimum Gasteiger partial charge on any atom is -0.376 e. The number of hydrogen-bond donors (Lipinski definition) is 1. The maximum absolute atomic E-state index is 11.8. The van der Waals surface area contributed by atoms with Crippen molar-refractivity contribution in [2.24, 2.45) is 5.92 Å². The first-order valence-electron chi connectivity index (χ1n) is 6.82. The topological polar surface area (TPSA) is 41.6 Å². The van der Waals surface area contributed by atoms with E-state index in [1.165, 1.54) is 19.3 Å². The standard InChI is InChI=1S/C13H24N2O2/c1-15(10-12-4-2-3-7-17-12)13(16)9-14-8-11-5-6-11/h11-12,14H,2-10H2,1H3. The zero-order chi connectivity index (χ0) is 12.1. The molecule has 1 saturated heterocycles. The molecule has 17 heavy (non-hydrogen) atoms. The van der Waals surface area contributed by atoms with Crippen LogP contribution in [0.3, 0.4) is 0 Å². The molecular weight excluding hydrogens is 216 g/mol. The van der Waals surface area contributed by atoms with Crippen LogP contribution < -0.4 is 5.32 Å². The number of rotatable bonds is 6. The molecule has 4 heteroatoms. The Morgan fingerprint density at radius 3 is 2.82 bits per heavy atom. The maximum atomic E-state index is 11.8. The Morgan fingerprint density at radius 2 is 2.18 bits per heavy atom. The molecule has 1 amide bonds. The van der Waals surface area contributed by atoms with Crippen molar-refractivity contribution >= 4 is 5.91 Å². The lowest BCUT2D eigenvalue weighted by molar-refractivity contribution is -0.131. The zero-order valence-corrected chi connectivity index (χ0v) is 10.8. The van der Waals surface area contributed by atoms with Gasteiger partial charge in [0.2, 0.25) is 5.91 Å². The number of nitrogens with one attached hydrogen (secondary N) is 1. The van der Waals surface area contributed by atoms with E-state index in [9.17, 15) is 4.79 Å². The summed E-state index contributed by atoms with van der Waals surface area (Å²) in [5.74, 6) is 1.01. The van der Waals surface area contributed by atoms with Crippen LogP contribution in [0, 0.1) is 5.92 Å². The quantitative estimate of drug-likeness (QED) is 0.753. The number of ether oxygens (including phenoxy) is 1. The van der Waals surface area contributed by atoms with Crippen molar-refractivity contribution in [2.45, 2.75) is 38.2 Å². The van der Waals surface area contributed by atoms with E-state index >= 15 is 0 Å². The second-order valence-corrected chi connectivity index (χ2v) is 5.34. The first-order valence-corrected chi connectivity index (χ1v) is 6.82. The molecule has 0 aromatic rings. The summed E-state index contributed by atoms with van der Waals surface area (Å²) >= 11 is 0. The fourth-order valence-corrected chi connectivity index (χ4v) is 2.20. The van der Waals surface area contributed by atoms with Gasteiger partial charge in [0.25, 0.3) is 0 Å². The van der Waals surface area contributed by atoms with Crippen molar-refractivity contribution in [1.82, 2.24) is 10.2 Å². The van der Waals surface area contributed by atoms with Crippen LogP contribution in [0.5, 0.6) is 0 Å². The van der Waals surface area contributed by atoms with E-state index in [0.717, 1.165) is 38.5 Å². The minimum absolute atomic E-state index is 0.180. The predicted molar refractivity (Wildman–Crippen MR) is 66.8 cm³/mol. The van der Waals surface area contributed by atoms with Gasteiger partial charge in [-0.2, -0.15) is 0 Å². The molecule has 2 rings (SSSR count). The summed E-state index contributed by atoms with van der Waals surface area (Å²) < 4.78 is 5.64. The van der Waals surface area contributed by atoms with Crippen LogP contribution in [-0.2, 0) is 9.53 Å². The fraction of sp³-hybridized carbons (Fsp3) is 0.923. The molecule has 0 spiro atoms. The molecule has 0 aromatic carbocycles. The van der Waals surface area contributed by atoms with E-state index in [1.54, 1.807) is 4.90 Å². The van der Waals surface area contributed by atoms with Crippen molar-refractivity contribution < 1.29 is 9.53 Å². The molecular formula is C13H24N2O2. The van der Waals surface area contributed by atoms with Gasteiger partial charge in [-0.15, -0.1) is 0 Å². The normalized spacial score (nSPS) is 24.6. The van der Waals surface area contributed by atoms with E-state index in [2.05, 4.69) is 5.32 Å². The van der Waals surface area contributed by atoms with Gasteiger partial charge in [-0.05, 0) is 44.6 Å². The fourth-order valence-electron chi connectivity index (χ4n) is 2.20. The lowest BCUT2D eigenvalue weighted by Crippen LogP contribution is -2.41. The van der Waals surface area contributed by atoms with Gasteiger partial charge in [-0.25, -0.2) is 0 Å². The molecule has 98 valence electrons. The Labute approximate surface area is 104 Å². The third kappa shape index (κ3) is 4.64. The third-order valence-electron chi connectivity index (χ3n) is 3.58.